The van der Waals surface area contributed by atoms with E-state index in [1.165, 1.54) is 25.2 Å². The van der Waals surface area contributed by atoms with E-state index in [0.29, 0.717) is 4.31 Å². The largest absolute Gasteiger partial charge is 0.492 e. The summed E-state index contributed by atoms with van der Waals surface area (Å²) in [6.07, 6.45) is 0. The predicted molar refractivity (Wildman–Crippen MR) is 75.2 cm³/mol. The molecule has 0 aliphatic heterocycles. The summed E-state index contributed by atoms with van der Waals surface area (Å²) < 4.78 is 30.7. The molecule has 3 amide bonds. The number of para-hydroxylation sites is 1. The van der Waals surface area contributed by atoms with Crippen LogP contribution in [0.5, 0.6) is 5.75 Å². The van der Waals surface area contributed by atoms with Gasteiger partial charge in [-0.05, 0) is 19.1 Å². The summed E-state index contributed by atoms with van der Waals surface area (Å²) in [7, 11) is -3.01. The van der Waals surface area contributed by atoms with Crippen LogP contribution in [0.25, 0.3) is 0 Å². The number of rotatable bonds is 6. The smallest absolute Gasteiger partial charge is 0.331 e. The standard InChI is InChI=1S/C12H17N3O5S/c1-3-20-9-6-4-5-7-10(9)21(18,19)15(8-11(13)16)12(17)14-2/h4-7H,3,8H2,1-2H3,(H2,13,16)(H,14,17). The maximum Gasteiger partial charge on any atom is 0.331 e. The van der Waals surface area contributed by atoms with Crippen molar-refractivity contribution in [2.45, 2.75) is 11.8 Å². The molecule has 116 valence electrons. The Labute approximate surface area is 122 Å². The van der Waals surface area contributed by atoms with Gasteiger partial charge in [-0.1, -0.05) is 12.1 Å². The van der Waals surface area contributed by atoms with E-state index >= 15 is 0 Å². The average molecular weight is 315 g/mol. The molecule has 1 aromatic rings. The zero-order valence-electron chi connectivity index (χ0n) is 11.7. The number of carbonyl (C=O) groups is 2. The van der Waals surface area contributed by atoms with E-state index in [9.17, 15) is 18.0 Å². The fourth-order valence-electron chi connectivity index (χ4n) is 1.59. The lowest BCUT2D eigenvalue weighted by atomic mass is 10.3. The minimum atomic E-state index is -4.26. The Balaban J connectivity index is 3.35. The van der Waals surface area contributed by atoms with E-state index in [1.54, 1.807) is 13.0 Å². The van der Waals surface area contributed by atoms with Crippen molar-refractivity contribution in [1.82, 2.24) is 9.62 Å². The Kier molecular flexibility index (Phi) is 5.53. The van der Waals surface area contributed by atoms with E-state index in [0.717, 1.165) is 0 Å². The normalized spacial score (nSPS) is 10.8. The molecule has 0 aliphatic carbocycles. The van der Waals surface area contributed by atoms with Crippen LogP contribution in [-0.2, 0) is 14.8 Å². The molecule has 0 radical (unpaired) electrons. The number of amides is 3. The predicted octanol–water partition coefficient (Wildman–Crippen LogP) is -0.0993. The summed E-state index contributed by atoms with van der Waals surface area (Å²) in [5.41, 5.74) is 5.00. The van der Waals surface area contributed by atoms with E-state index < -0.39 is 28.5 Å². The Morgan fingerprint density at radius 1 is 1.33 bits per heavy atom. The van der Waals surface area contributed by atoms with Crippen LogP contribution in [0.15, 0.2) is 29.2 Å². The lowest BCUT2D eigenvalue weighted by Gasteiger charge is -2.21. The van der Waals surface area contributed by atoms with Gasteiger partial charge in [-0.15, -0.1) is 0 Å². The molecule has 0 heterocycles. The summed E-state index contributed by atoms with van der Waals surface area (Å²) >= 11 is 0. The number of sulfonamides is 1. The molecule has 0 saturated carbocycles. The van der Waals surface area contributed by atoms with Crippen molar-refractivity contribution in [3.8, 4) is 5.75 Å². The molecule has 0 bridgehead atoms. The number of hydrogen-bond acceptors (Lipinski definition) is 5. The maximum atomic E-state index is 12.5. The van der Waals surface area contributed by atoms with Crippen LogP contribution in [0.2, 0.25) is 0 Å². The lowest BCUT2D eigenvalue weighted by Crippen LogP contribution is -2.46. The topological polar surface area (TPSA) is 119 Å². The van der Waals surface area contributed by atoms with Crippen molar-refractivity contribution in [3.63, 3.8) is 0 Å². The SMILES string of the molecule is CCOc1ccccc1S(=O)(=O)N(CC(N)=O)C(=O)NC. The Bertz CT molecular complexity index is 630. The molecule has 0 unspecified atom stereocenters. The van der Waals surface area contributed by atoms with Gasteiger partial charge >= 0.3 is 6.03 Å². The fourth-order valence-corrected chi connectivity index (χ4v) is 3.06. The van der Waals surface area contributed by atoms with Crippen LogP contribution in [-0.4, -0.2) is 44.9 Å². The first-order valence-electron chi connectivity index (χ1n) is 6.09. The molecule has 1 rings (SSSR count). The van der Waals surface area contributed by atoms with E-state index in [4.69, 9.17) is 10.5 Å². The number of nitrogens with two attached hydrogens (primary N) is 1. The molecule has 0 atom stereocenters. The summed E-state index contributed by atoms with van der Waals surface area (Å²) in [4.78, 5) is 22.5. The van der Waals surface area contributed by atoms with Gasteiger partial charge < -0.3 is 15.8 Å². The number of hydrogen-bond donors (Lipinski definition) is 2. The van der Waals surface area contributed by atoms with Gasteiger partial charge in [0.05, 0.1) is 6.61 Å². The van der Waals surface area contributed by atoms with Crippen molar-refractivity contribution in [3.05, 3.63) is 24.3 Å². The van der Waals surface area contributed by atoms with Crippen molar-refractivity contribution < 1.29 is 22.7 Å². The third-order valence-corrected chi connectivity index (χ3v) is 4.23. The highest BCUT2D eigenvalue weighted by atomic mass is 32.2. The molecular formula is C12H17N3O5S. The molecule has 21 heavy (non-hydrogen) atoms. The molecule has 0 aromatic heterocycles. The summed E-state index contributed by atoms with van der Waals surface area (Å²) in [5, 5.41) is 2.16. The number of carbonyl (C=O) groups excluding carboxylic acids is 2. The molecule has 3 N–H and O–H groups in total. The van der Waals surface area contributed by atoms with E-state index in [1.807, 2.05) is 0 Å². The van der Waals surface area contributed by atoms with Crippen molar-refractivity contribution >= 4 is 22.0 Å². The van der Waals surface area contributed by atoms with E-state index in [-0.39, 0.29) is 17.3 Å². The first kappa shape index (κ1) is 16.8. The van der Waals surface area contributed by atoms with E-state index in [2.05, 4.69) is 5.32 Å². The number of nitrogens with one attached hydrogen (secondary N) is 1. The highest BCUT2D eigenvalue weighted by molar-refractivity contribution is 7.89. The molecule has 0 saturated heterocycles. The monoisotopic (exact) mass is 315 g/mol. The number of nitrogens with zero attached hydrogens (tertiary/aromatic N) is 1. The molecule has 0 aliphatic rings. The number of urea groups is 1. The molecule has 0 spiro atoms. The zero-order valence-corrected chi connectivity index (χ0v) is 12.5. The maximum absolute atomic E-state index is 12.5. The fraction of sp³-hybridized carbons (Fsp3) is 0.333. The third-order valence-electron chi connectivity index (χ3n) is 2.46. The molecule has 0 fully saturated rings. The Morgan fingerprint density at radius 3 is 2.48 bits per heavy atom. The second kappa shape index (κ2) is 6.93. The average Bonchev–Trinajstić information content (AvgIpc) is 2.44. The van der Waals surface area contributed by atoms with Gasteiger partial charge in [-0.2, -0.15) is 0 Å². The van der Waals surface area contributed by atoms with Crippen LogP contribution in [0, 0.1) is 0 Å². The molecular weight excluding hydrogens is 298 g/mol. The van der Waals surface area contributed by atoms with Gasteiger partial charge in [0.15, 0.2) is 0 Å². The van der Waals surface area contributed by atoms with Gasteiger partial charge in [0, 0.05) is 7.05 Å². The molecule has 1 aromatic carbocycles. The van der Waals surface area contributed by atoms with Gasteiger partial charge in [0.25, 0.3) is 10.0 Å². The first-order chi connectivity index (χ1) is 9.84. The summed E-state index contributed by atoms with van der Waals surface area (Å²) in [6.45, 7) is 1.19. The van der Waals surface area contributed by atoms with Crippen LogP contribution in [0.1, 0.15) is 6.92 Å². The van der Waals surface area contributed by atoms with Crippen LogP contribution in [0.3, 0.4) is 0 Å². The molecule has 8 nitrogen and oxygen atoms in total. The number of primary amides is 1. The first-order valence-corrected chi connectivity index (χ1v) is 7.53. The summed E-state index contributed by atoms with van der Waals surface area (Å²) in [5.74, 6) is -0.852. The highest BCUT2D eigenvalue weighted by Crippen LogP contribution is 2.26. The van der Waals surface area contributed by atoms with Crippen molar-refractivity contribution in [2.24, 2.45) is 5.73 Å². The minimum Gasteiger partial charge on any atom is -0.492 e. The van der Waals surface area contributed by atoms with Gasteiger partial charge in [-0.25, -0.2) is 17.5 Å². The van der Waals surface area contributed by atoms with Crippen LogP contribution < -0.4 is 15.8 Å². The Morgan fingerprint density at radius 2 is 1.95 bits per heavy atom. The highest BCUT2D eigenvalue weighted by Gasteiger charge is 2.32. The minimum absolute atomic E-state index is 0.0957. The van der Waals surface area contributed by atoms with Gasteiger partial charge in [0.1, 0.15) is 17.2 Å². The van der Waals surface area contributed by atoms with Crippen LogP contribution in [0.4, 0.5) is 4.79 Å². The Hall–Kier alpha value is -2.29. The summed E-state index contributed by atoms with van der Waals surface area (Å²) in [6, 6.07) is 4.88. The van der Waals surface area contributed by atoms with Crippen molar-refractivity contribution in [2.75, 3.05) is 20.2 Å². The quantitative estimate of drug-likeness (QED) is 0.760. The van der Waals surface area contributed by atoms with Gasteiger partial charge in [-0.3, -0.25) is 4.79 Å². The second-order valence-electron chi connectivity index (χ2n) is 3.91. The molecule has 9 heteroatoms. The second-order valence-corrected chi connectivity index (χ2v) is 5.74. The van der Waals surface area contributed by atoms with Gasteiger partial charge in [0.2, 0.25) is 5.91 Å². The van der Waals surface area contributed by atoms with Crippen molar-refractivity contribution in [1.29, 1.82) is 0 Å². The zero-order chi connectivity index (χ0) is 16.0. The third kappa shape index (κ3) is 3.85. The number of benzene rings is 1. The lowest BCUT2D eigenvalue weighted by molar-refractivity contribution is -0.117. The number of ether oxygens (including phenoxy) is 1. The van der Waals surface area contributed by atoms with Crippen LogP contribution >= 0.6 is 0 Å².